The molecular formula is C18H18FN3O. The summed E-state index contributed by atoms with van der Waals surface area (Å²) in [5.74, 6) is 0.0641. The fourth-order valence-electron chi connectivity index (χ4n) is 2.34. The summed E-state index contributed by atoms with van der Waals surface area (Å²) in [5.41, 5.74) is 3.20. The number of anilines is 1. The van der Waals surface area contributed by atoms with Crippen molar-refractivity contribution in [3.63, 3.8) is 0 Å². The van der Waals surface area contributed by atoms with Gasteiger partial charge in [-0.3, -0.25) is 9.20 Å². The van der Waals surface area contributed by atoms with E-state index in [0.717, 1.165) is 16.8 Å². The number of rotatable bonds is 3. The van der Waals surface area contributed by atoms with Crippen molar-refractivity contribution in [3.05, 3.63) is 54.0 Å². The van der Waals surface area contributed by atoms with Crippen molar-refractivity contribution < 1.29 is 9.18 Å². The number of nitrogens with one attached hydrogen (secondary N) is 1. The number of imidazole rings is 1. The van der Waals surface area contributed by atoms with E-state index in [2.05, 4.69) is 10.3 Å². The van der Waals surface area contributed by atoms with Gasteiger partial charge >= 0.3 is 0 Å². The Morgan fingerprint density at radius 1 is 1.22 bits per heavy atom. The number of carbonyl (C=O) groups excluding carboxylic acids is 1. The van der Waals surface area contributed by atoms with Gasteiger partial charge in [-0.15, -0.1) is 0 Å². The molecule has 0 spiro atoms. The van der Waals surface area contributed by atoms with Gasteiger partial charge in [0.1, 0.15) is 23.0 Å². The van der Waals surface area contributed by atoms with E-state index in [-0.39, 0.29) is 17.6 Å². The minimum Gasteiger partial charge on any atom is -0.310 e. The van der Waals surface area contributed by atoms with Crippen molar-refractivity contribution in [2.45, 2.75) is 20.8 Å². The summed E-state index contributed by atoms with van der Waals surface area (Å²) >= 11 is 0. The van der Waals surface area contributed by atoms with Gasteiger partial charge in [-0.1, -0.05) is 13.8 Å². The number of carbonyl (C=O) groups is 1. The lowest BCUT2D eigenvalue weighted by molar-refractivity contribution is -0.118. The van der Waals surface area contributed by atoms with Gasteiger partial charge in [0.25, 0.3) is 0 Å². The molecule has 5 heteroatoms. The van der Waals surface area contributed by atoms with Crippen LogP contribution in [0.25, 0.3) is 16.9 Å². The standard InChI is InChI=1S/C18H18FN3O/c1-11(2)18(23)21-17-16(13-4-6-14(19)7-5-13)20-15-10-12(3)8-9-22(15)17/h4-11H,1-3H3,(H,21,23). The molecule has 3 aromatic rings. The summed E-state index contributed by atoms with van der Waals surface area (Å²) in [7, 11) is 0. The second-order valence-corrected chi connectivity index (χ2v) is 5.89. The summed E-state index contributed by atoms with van der Waals surface area (Å²) in [6.45, 7) is 5.65. The first-order valence-electron chi connectivity index (χ1n) is 7.51. The van der Waals surface area contributed by atoms with E-state index in [1.54, 1.807) is 12.1 Å². The number of nitrogens with zero attached hydrogens (tertiary/aromatic N) is 2. The van der Waals surface area contributed by atoms with Gasteiger partial charge in [-0.05, 0) is 48.9 Å². The smallest absolute Gasteiger partial charge is 0.228 e. The number of hydrogen-bond donors (Lipinski definition) is 1. The zero-order valence-electron chi connectivity index (χ0n) is 13.3. The van der Waals surface area contributed by atoms with Crippen LogP contribution in [0.15, 0.2) is 42.6 Å². The first-order chi connectivity index (χ1) is 11.0. The number of aromatic nitrogens is 2. The predicted molar refractivity (Wildman–Crippen MR) is 88.8 cm³/mol. The van der Waals surface area contributed by atoms with Crippen LogP contribution in [0.1, 0.15) is 19.4 Å². The molecule has 4 nitrogen and oxygen atoms in total. The van der Waals surface area contributed by atoms with Crippen LogP contribution in [0, 0.1) is 18.7 Å². The monoisotopic (exact) mass is 311 g/mol. The van der Waals surface area contributed by atoms with E-state index < -0.39 is 0 Å². The Bertz CT molecular complexity index is 866. The Hall–Kier alpha value is -2.69. The van der Waals surface area contributed by atoms with Crippen molar-refractivity contribution in [2.75, 3.05) is 5.32 Å². The zero-order valence-corrected chi connectivity index (χ0v) is 13.3. The Balaban J connectivity index is 2.18. The summed E-state index contributed by atoms with van der Waals surface area (Å²) in [6.07, 6.45) is 1.88. The maximum atomic E-state index is 13.2. The molecule has 0 radical (unpaired) electrons. The summed E-state index contributed by atoms with van der Waals surface area (Å²) in [6, 6.07) is 9.99. The molecule has 2 heterocycles. The highest BCUT2D eigenvalue weighted by molar-refractivity contribution is 5.95. The lowest BCUT2D eigenvalue weighted by Crippen LogP contribution is -2.19. The molecule has 0 bridgehead atoms. The highest BCUT2D eigenvalue weighted by Crippen LogP contribution is 2.29. The van der Waals surface area contributed by atoms with Crippen molar-refractivity contribution >= 4 is 17.4 Å². The number of aryl methyl sites for hydroxylation is 1. The van der Waals surface area contributed by atoms with Crippen LogP contribution in [-0.2, 0) is 4.79 Å². The second kappa shape index (κ2) is 5.83. The molecule has 0 aliphatic rings. The molecule has 0 fully saturated rings. The maximum absolute atomic E-state index is 13.2. The minimum absolute atomic E-state index is 0.0873. The molecule has 2 aromatic heterocycles. The van der Waals surface area contributed by atoms with E-state index in [1.807, 2.05) is 43.5 Å². The summed E-state index contributed by atoms with van der Waals surface area (Å²) in [4.78, 5) is 16.8. The SMILES string of the molecule is Cc1ccn2c(NC(=O)C(C)C)c(-c3ccc(F)cc3)nc2c1. The molecular weight excluding hydrogens is 293 g/mol. The van der Waals surface area contributed by atoms with Crippen LogP contribution >= 0.6 is 0 Å². The highest BCUT2D eigenvalue weighted by Gasteiger charge is 2.18. The first kappa shape index (κ1) is 15.2. The summed E-state index contributed by atoms with van der Waals surface area (Å²) < 4.78 is 15.0. The van der Waals surface area contributed by atoms with Gasteiger partial charge in [-0.2, -0.15) is 0 Å². The maximum Gasteiger partial charge on any atom is 0.228 e. The quantitative estimate of drug-likeness (QED) is 0.793. The largest absolute Gasteiger partial charge is 0.310 e. The third-order valence-electron chi connectivity index (χ3n) is 3.67. The Morgan fingerprint density at radius 3 is 2.57 bits per heavy atom. The normalized spacial score (nSPS) is 11.2. The number of halogens is 1. The van der Waals surface area contributed by atoms with Crippen LogP contribution in [0.5, 0.6) is 0 Å². The molecule has 1 aromatic carbocycles. The first-order valence-corrected chi connectivity index (χ1v) is 7.51. The number of hydrogen-bond acceptors (Lipinski definition) is 2. The van der Waals surface area contributed by atoms with Crippen molar-refractivity contribution in [1.29, 1.82) is 0 Å². The van der Waals surface area contributed by atoms with E-state index >= 15 is 0 Å². The molecule has 1 amide bonds. The Labute approximate surface area is 134 Å². The second-order valence-electron chi connectivity index (χ2n) is 5.89. The Morgan fingerprint density at radius 2 is 1.91 bits per heavy atom. The molecule has 0 aliphatic heterocycles. The lowest BCUT2D eigenvalue weighted by Gasteiger charge is -2.10. The number of fused-ring (bicyclic) bond motifs is 1. The molecule has 1 N–H and O–H groups in total. The van der Waals surface area contributed by atoms with Gasteiger partial charge in [0.15, 0.2) is 0 Å². The van der Waals surface area contributed by atoms with Gasteiger partial charge in [0.2, 0.25) is 5.91 Å². The van der Waals surface area contributed by atoms with Crippen LogP contribution < -0.4 is 5.32 Å². The van der Waals surface area contributed by atoms with Gasteiger partial charge in [0, 0.05) is 17.7 Å². The molecule has 0 atom stereocenters. The minimum atomic E-state index is -0.305. The average Bonchev–Trinajstić information content (AvgIpc) is 2.85. The van der Waals surface area contributed by atoms with Crippen LogP contribution in [0.2, 0.25) is 0 Å². The number of pyridine rings is 1. The number of amides is 1. The fourth-order valence-corrected chi connectivity index (χ4v) is 2.34. The molecule has 0 saturated heterocycles. The van der Waals surface area contributed by atoms with E-state index in [1.165, 1.54) is 12.1 Å². The van der Waals surface area contributed by atoms with Crippen LogP contribution in [-0.4, -0.2) is 15.3 Å². The lowest BCUT2D eigenvalue weighted by atomic mass is 10.1. The van der Waals surface area contributed by atoms with Crippen molar-refractivity contribution in [1.82, 2.24) is 9.38 Å². The van der Waals surface area contributed by atoms with E-state index in [0.29, 0.717) is 11.5 Å². The van der Waals surface area contributed by atoms with Crippen LogP contribution in [0.4, 0.5) is 10.2 Å². The number of benzene rings is 1. The van der Waals surface area contributed by atoms with Crippen LogP contribution in [0.3, 0.4) is 0 Å². The predicted octanol–water partition coefficient (Wildman–Crippen LogP) is 4.04. The molecule has 23 heavy (non-hydrogen) atoms. The third-order valence-corrected chi connectivity index (χ3v) is 3.67. The molecule has 0 aliphatic carbocycles. The zero-order chi connectivity index (χ0) is 16.6. The molecule has 3 rings (SSSR count). The average molecular weight is 311 g/mol. The molecule has 0 saturated carbocycles. The van der Waals surface area contributed by atoms with Crippen molar-refractivity contribution in [2.24, 2.45) is 5.92 Å². The Kier molecular flexibility index (Phi) is 3.86. The summed E-state index contributed by atoms with van der Waals surface area (Å²) in [5, 5.41) is 2.93. The van der Waals surface area contributed by atoms with Gasteiger partial charge in [-0.25, -0.2) is 9.37 Å². The third kappa shape index (κ3) is 2.95. The van der Waals surface area contributed by atoms with E-state index in [9.17, 15) is 9.18 Å². The van der Waals surface area contributed by atoms with Gasteiger partial charge in [0.05, 0.1) is 0 Å². The molecule has 0 unspecified atom stereocenters. The highest BCUT2D eigenvalue weighted by atomic mass is 19.1. The molecule has 118 valence electrons. The van der Waals surface area contributed by atoms with E-state index in [4.69, 9.17) is 0 Å². The topological polar surface area (TPSA) is 46.4 Å². The van der Waals surface area contributed by atoms with Crippen molar-refractivity contribution in [3.8, 4) is 11.3 Å². The fraction of sp³-hybridized carbons (Fsp3) is 0.222. The van der Waals surface area contributed by atoms with Gasteiger partial charge < -0.3 is 5.32 Å².